The summed E-state index contributed by atoms with van der Waals surface area (Å²) in [6.45, 7) is 2.53. The lowest BCUT2D eigenvalue weighted by Gasteiger charge is -2.17. The Kier molecular flexibility index (Phi) is 5.08. The number of aliphatic hydroxyl groups excluding tert-OH is 1. The average Bonchev–Trinajstić information content (AvgIpc) is 2.91. The van der Waals surface area contributed by atoms with Gasteiger partial charge in [0.05, 0.1) is 16.8 Å². The molecule has 0 spiro atoms. The molecule has 0 aliphatic carbocycles. The van der Waals surface area contributed by atoms with E-state index in [0.29, 0.717) is 35.2 Å². The van der Waals surface area contributed by atoms with Gasteiger partial charge in [-0.2, -0.15) is 0 Å². The molecule has 0 aromatic heterocycles. The first kappa shape index (κ1) is 16.1. The van der Waals surface area contributed by atoms with Crippen LogP contribution < -0.4 is 5.32 Å². The third kappa shape index (κ3) is 3.87. The van der Waals surface area contributed by atoms with Gasteiger partial charge in [0.2, 0.25) is 0 Å². The van der Waals surface area contributed by atoms with E-state index >= 15 is 0 Å². The predicted molar refractivity (Wildman–Crippen MR) is 81.5 cm³/mol. The van der Waals surface area contributed by atoms with Crippen molar-refractivity contribution in [3.8, 4) is 0 Å². The molecule has 1 heterocycles. The van der Waals surface area contributed by atoms with Crippen LogP contribution in [-0.2, 0) is 9.59 Å². The quantitative estimate of drug-likeness (QED) is 0.816. The molecular formula is C14H16Cl2N2O3. The fourth-order valence-corrected chi connectivity index (χ4v) is 2.62. The zero-order chi connectivity index (χ0) is 15.6. The van der Waals surface area contributed by atoms with E-state index in [0.717, 1.165) is 0 Å². The third-order valence-electron chi connectivity index (χ3n) is 3.56. The Morgan fingerprint density at radius 2 is 2.14 bits per heavy atom. The Morgan fingerprint density at radius 3 is 2.76 bits per heavy atom. The summed E-state index contributed by atoms with van der Waals surface area (Å²) in [6.07, 6.45) is 0.197. The van der Waals surface area contributed by atoms with Crippen molar-refractivity contribution in [1.29, 1.82) is 0 Å². The van der Waals surface area contributed by atoms with Gasteiger partial charge in [0.15, 0.2) is 0 Å². The summed E-state index contributed by atoms with van der Waals surface area (Å²) in [5.74, 6) is -1.38. The molecule has 1 aliphatic heterocycles. The number of carbonyl (C=O) groups excluding carboxylic acids is 2. The van der Waals surface area contributed by atoms with E-state index in [2.05, 4.69) is 5.32 Å². The van der Waals surface area contributed by atoms with Crippen LogP contribution in [0, 0.1) is 5.92 Å². The summed E-state index contributed by atoms with van der Waals surface area (Å²) in [4.78, 5) is 25.5. The standard InChI is InChI=1S/C14H16Cl2N2O3/c1-8(19)9-4-5-18(7-9)14(21)13(20)17-12-6-10(15)2-3-11(12)16/h2-3,6,8-9,19H,4-5,7H2,1H3,(H,17,20). The number of carbonyl (C=O) groups is 2. The van der Waals surface area contributed by atoms with Crippen molar-refractivity contribution in [3.63, 3.8) is 0 Å². The van der Waals surface area contributed by atoms with Gasteiger partial charge in [-0.15, -0.1) is 0 Å². The molecule has 2 N–H and O–H groups in total. The molecule has 21 heavy (non-hydrogen) atoms. The van der Waals surface area contributed by atoms with Gasteiger partial charge in [-0.3, -0.25) is 9.59 Å². The zero-order valence-corrected chi connectivity index (χ0v) is 13.0. The van der Waals surface area contributed by atoms with Crippen molar-refractivity contribution in [3.05, 3.63) is 28.2 Å². The van der Waals surface area contributed by atoms with Gasteiger partial charge in [0.1, 0.15) is 0 Å². The van der Waals surface area contributed by atoms with E-state index in [9.17, 15) is 14.7 Å². The number of nitrogens with one attached hydrogen (secondary N) is 1. The minimum atomic E-state index is -0.759. The van der Waals surface area contributed by atoms with E-state index in [4.69, 9.17) is 23.2 Å². The van der Waals surface area contributed by atoms with Gasteiger partial charge in [-0.1, -0.05) is 23.2 Å². The molecule has 2 atom stereocenters. The molecule has 1 aromatic rings. The van der Waals surface area contributed by atoms with Crippen LogP contribution in [0.3, 0.4) is 0 Å². The molecule has 0 radical (unpaired) electrons. The molecule has 114 valence electrons. The number of rotatable bonds is 2. The van der Waals surface area contributed by atoms with Gasteiger partial charge >= 0.3 is 11.8 Å². The Hall–Kier alpha value is -1.30. The summed E-state index contributed by atoms with van der Waals surface area (Å²) in [7, 11) is 0. The summed E-state index contributed by atoms with van der Waals surface area (Å²) >= 11 is 11.8. The minimum absolute atomic E-state index is 0.0107. The van der Waals surface area contributed by atoms with Gasteiger partial charge in [-0.25, -0.2) is 0 Å². The SMILES string of the molecule is CC(O)C1CCN(C(=O)C(=O)Nc2cc(Cl)ccc2Cl)C1. The Bertz CT molecular complexity index is 563. The second-order valence-electron chi connectivity index (χ2n) is 5.12. The fourth-order valence-electron chi connectivity index (χ4n) is 2.28. The molecule has 7 heteroatoms. The maximum Gasteiger partial charge on any atom is 0.313 e. The van der Waals surface area contributed by atoms with Crippen LogP contribution in [0.25, 0.3) is 0 Å². The van der Waals surface area contributed by atoms with Crippen molar-refractivity contribution >= 4 is 40.7 Å². The normalized spacial score (nSPS) is 19.4. The lowest BCUT2D eigenvalue weighted by Crippen LogP contribution is -2.38. The van der Waals surface area contributed by atoms with Crippen LogP contribution in [0.5, 0.6) is 0 Å². The molecule has 1 fully saturated rings. The highest BCUT2D eigenvalue weighted by Gasteiger charge is 2.32. The maximum absolute atomic E-state index is 12.1. The summed E-state index contributed by atoms with van der Waals surface area (Å²) in [6, 6.07) is 4.62. The van der Waals surface area contributed by atoms with E-state index in [1.54, 1.807) is 19.1 Å². The summed E-state index contributed by atoms with van der Waals surface area (Å²) in [5, 5.41) is 12.7. The number of aliphatic hydroxyl groups is 1. The Labute approximate surface area is 132 Å². The summed E-state index contributed by atoms with van der Waals surface area (Å²) < 4.78 is 0. The molecule has 1 saturated heterocycles. The number of benzene rings is 1. The van der Waals surface area contributed by atoms with Crippen molar-refractivity contribution in [1.82, 2.24) is 4.90 Å². The lowest BCUT2D eigenvalue weighted by atomic mass is 10.0. The second kappa shape index (κ2) is 6.64. The third-order valence-corrected chi connectivity index (χ3v) is 4.13. The largest absolute Gasteiger partial charge is 0.393 e. The lowest BCUT2D eigenvalue weighted by molar-refractivity contribution is -0.142. The average molecular weight is 331 g/mol. The number of nitrogens with zero attached hydrogens (tertiary/aromatic N) is 1. The van der Waals surface area contributed by atoms with Crippen LogP contribution in [-0.4, -0.2) is 41.0 Å². The van der Waals surface area contributed by atoms with E-state index in [-0.39, 0.29) is 5.92 Å². The minimum Gasteiger partial charge on any atom is -0.393 e. The number of hydrogen-bond donors (Lipinski definition) is 2. The van der Waals surface area contributed by atoms with E-state index in [1.807, 2.05) is 0 Å². The number of hydrogen-bond acceptors (Lipinski definition) is 3. The highest BCUT2D eigenvalue weighted by Crippen LogP contribution is 2.26. The van der Waals surface area contributed by atoms with Crippen LogP contribution in [0.2, 0.25) is 10.0 Å². The summed E-state index contributed by atoms with van der Waals surface area (Å²) in [5.41, 5.74) is 0.300. The number of anilines is 1. The number of amides is 2. The molecule has 2 rings (SSSR count). The van der Waals surface area contributed by atoms with Gasteiger partial charge in [0, 0.05) is 24.0 Å². The number of halogens is 2. The molecule has 2 unspecified atom stereocenters. The van der Waals surface area contributed by atoms with Crippen LogP contribution in [0.15, 0.2) is 18.2 Å². The highest BCUT2D eigenvalue weighted by atomic mass is 35.5. The fraction of sp³-hybridized carbons (Fsp3) is 0.429. The highest BCUT2D eigenvalue weighted by molar-refractivity contribution is 6.42. The van der Waals surface area contributed by atoms with Crippen LogP contribution in [0.1, 0.15) is 13.3 Å². The number of likely N-dealkylation sites (tertiary alicyclic amines) is 1. The van der Waals surface area contributed by atoms with E-state index < -0.39 is 17.9 Å². The van der Waals surface area contributed by atoms with Gasteiger partial charge in [-0.05, 0) is 31.5 Å². The first-order valence-corrected chi connectivity index (χ1v) is 7.37. The maximum atomic E-state index is 12.1. The monoisotopic (exact) mass is 330 g/mol. The molecule has 0 saturated carbocycles. The second-order valence-corrected chi connectivity index (χ2v) is 5.96. The van der Waals surface area contributed by atoms with Crippen LogP contribution in [0.4, 0.5) is 5.69 Å². The molecule has 1 aromatic carbocycles. The van der Waals surface area contributed by atoms with Crippen molar-refractivity contribution in [2.45, 2.75) is 19.4 Å². The molecular weight excluding hydrogens is 315 g/mol. The van der Waals surface area contributed by atoms with Crippen LogP contribution >= 0.6 is 23.2 Å². The first-order valence-electron chi connectivity index (χ1n) is 6.62. The molecule has 5 nitrogen and oxygen atoms in total. The predicted octanol–water partition coefficient (Wildman–Crippen LogP) is 2.16. The van der Waals surface area contributed by atoms with Crippen molar-refractivity contribution < 1.29 is 14.7 Å². The van der Waals surface area contributed by atoms with Gasteiger partial charge in [0.25, 0.3) is 0 Å². The zero-order valence-electron chi connectivity index (χ0n) is 11.5. The molecule has 2 amide bonds. The van der Waals surface area contributed by atoms with Crippen molar-refractivity contribution in [2.75, 3.05) is 18.4 Å². The molecule has 0 bridgehead atoms. The first-order chi connectivity index (χ1) is 9.88. The topological polar surface area (TPSA) is 69.6 Å². The smallest absolute Gasteiger partial charge is 0.313 e. The van der Waals surface area contributed by atoms with Gasteiger partial charge < -0.3 is 15.3 Å². The van der Waals surface area contributed by atoms with E-state index in [1.165, 1.54) is 11.0 Å². The van der Waals surface area contributed by atoms with Crippen molar-refractivity contribution in [2.24, 2.45) is 5.92 Å². The Morgan fingerprint density at radius 1 is 1.43 bits per heavy atom. The Balaban J connectivity index is 2.00. The molecule has 1 aliphatic rings.